The summed E-state index contributed by atoms with van der Waals surface area (Å²) in [5, 5.41) is 9.38. The third-order valence-electron chi connectivity index (χ3n) is 4.05. The van der Waals surface area contributed by atoms with Crippen molar-refractivity contribution in [3.8, 4) is 0 Å². The van der Waals surface area contributed by atoms with E-state index in [1.807, 2.05) is 6.92 Å². The second kappa shape index (κ2) is 4.73. The van der Waals surface area contributed by atoms with E-state index >= 15 is 0 Å². The molecular weight excluding hydrogens is 226 g/mol. The first-order valence-corrected chi connectivity index (χ1v) is 6.53. The number of hydrogen-bond acceptors (Lipinski definition) is 2. The predicted octanol–water partition coefficient (Wildman–Crippen LogP) is 2.34. The van der Waals surface area contributed by atoms with Gasteiger partial charge in [0.1, 0.15) is 5.54 Å². The average molecular weight is 247 g/mol. The van der Waals surface area contributed by atoms with Crippen molar-refractivity contribution in [2.75, 3.05) is 6.54 Å². The Kier molecular flexibility index (Phi) is 3.44. The van der Waals surface area contributed by atoms with Crippen LogP contribution < -0.4 is 0 Å². The van der Waals surface area contributed by atoms with Crippen LogP contribution in [0.1, 0.15) is 31.9 Å². The number of carboxylic acids is 1. The Hall–Kier alpha value is -1.35. The second-order valence-electron chi connectivity index (χ2n) is 5.48. The molecule has 3 nitrogen and oxygen atoms in total. The van der Waals surface area contributed by atoms with Gasteiger partial charge >= 0.3 is 5.97 Å². The molecule has 1 aromatic carbocycles. The van der Waals surface area contributed by atoms with Crippen molar-refractivity contribution in [1.82, 2.24) is 4.90 Å². The molecular formula is C15H21NO2. The van der Waals surface area contributed by atoms with Gasteiger partial charge in [-0.3, -0.25) is 9.69 Å². The summed E-state index contributed by atoms with van der Waals surface area (Å²) in [6.45, 7) is 6.38. The number of carboxylic acid groups (broad SMARTS) is 1. The third-order valence-corrected chi connectivity index (χ3v) is 4.05. The molecule has 98 valence electrons. The average Bonchev–Trinajstić information content (AvgIpc) is 2.72. The molecule has 0 saturated heterocycles. The fourth-order valence-electron chi connectivity index (χ4n) is 2.99. The zero-order valence-electron chi connectivity index (χ0n) is 11.3. The number of aliphatic carboxylic acids is 1. The van der Waals surface area contributed by atoms with E-state index < -0.39 is 11.5 Å². The first-order valence-electron chi connectivity index (χ1n) is 6.53. The van der Waals surface area contributed by atoms with Crippen LogP contribution in [0, 0.1) is 0 Å². The van der Waals surface area contributed by atoms with Gasteiger partial charge in [0.25, 0.3) is 0 Å². The van der Waals surface area contributed by atoms with Gasteiger partial charge in [-0.2, -0.15) is 0 Å². The highest BCUT2D eigenvalue weighted by Crippen LogP contribution is 2.29. The zero-order chi connectivity index (χ0) is 13.3. The first kappa shape index (κ1) is 13.1. The van der Waals surface area contributed by atoms with Gasteiger partial charge in [-0.05, 0) is 44.4 Å². The maximum Gasteiger partial charge on any atom is 0.323 e. The topological polar surface area (TPSA) is 40.5 Å². The van der Waals surface area contributed by atoms with E-state index in [1.165, 1.54) is 11.1 Å². The largest absolute Gasteiger partial charge is 0.480 e. The van der Waals surface area contributed by atoms with Crippen molar-refractivity contribution in [2.45, 2.75) is 45.2 Å². The summed E-state index contributed by atoms with van der Waals surface area (Å²) in [6.07, 6.45) is 1.92. The fraction of sp³-hybridized carbons (Fsp3) is 0.533. The van der Waals surface area contributed by atoms with E-state index in [2.05, 4.69) is 29.2 Å². The van der Waals surface area contributed by atoms with Crippen molar-refractivity contribution in [1.29, 1.82) is 0 Å². The molecule has 0 heterocycles. The van der Waals surface area contributed by atoms with Gasteiger partial charge in [0.15, 0.2) is 0 Å². The summed E-state index contributed by atoms with van der Waals surface area (Å²) < 4.78 is 0. The van der Waals surface area contributed by atoms with Crippen molar-refractivity contribution < 1.29 is 9.90 Å². The molecule has 3 heteroatoms. The predicted molar refractivity (Wildman–Crippen MR) is 71.7 cm³/mol. The summed E-state index contributed by atoms with van der Waals surface area (Å²) in [6, 6.07) is 8.71. The number of fused-ring (bicyclic) bond motifs is 1. The van der Waals surface area contributed by atoms with Crippen molar-refractivity contribution >= 4 is 5.97 Å². The number of hydrogen-bond donors (Lipinski definition) is 1. The minimum Gasteiger partial charge on any atom is -0.480 e. The van der Waals surface area contributed by atoms with Crippen LogP contribution in [-0.2, 0) is 17.6 Å². The fourth-order valence-corrected chi connectivity index (χ4v) is 2.99. The van der Waals surface area contributed by atoms with Crippen molar-refractivity contribution in [3.05, 3.63) is 35.4 Å². The molecule has 0 saturated carbocycles. The lowest BCUT2D eigenvalue weighted by atomic mass is 9.99. The lowest BCUT2D eigenvalue weighted by Gasteiger charge is -2.38. The summed E-state index contributed by atoms with van der Waals surface area (Å²) in [7, 11) is 0. The Morgan fingerprint density at radius 1 is 1.33 bits per heavy atom. The van der Waals surface area contributed by atoms with E-state index in [4.69, 9.17) is 0 Å². The van der Waals surface area contributed by atoms with Gasteiger partial charge in [0, 0.05) is 6.04 Å². The highest BCUT2D eigenvalue weighted by atomic mass is 16.4. The Bertz CT molecular complexity index is 429. The number of benzene rings is 1. The molecule has 1 aliphatic rings. The van der Waals surface area contributed by atoms with Crippen LogP contribution in [0.4, 0.5) is 0 Å². The molecule has 1 N–H and O–H groups in total. The molecule has 18 heavy (non-hydrogen) atoms. The molecule has 1 aromatic rings. The van der Waals surface area contributed by atoms with Crippen LogP contribution in [0.2, 0.25) is 0 Å². The lowest BCUT2D eigenvalue weighted by Crippen LogP contribution is -2.55. The van der Waals surface area contributed by atoms with Crippen LogP contribution in [0.25, 0.3) is 0 Å². The summed E-state index contributed by atoms with van der Waals surface area (Å²) in [4.78, 5) is 13.5. The number of likely N-dealkylation sites (N-methyl/N-ethyl adjacent to an activating group) is 1. The number of rotatable bonds is 4. The Balaban J connectivity index is 2.21. The quantitative estimate of drug-likeness (QED) is 0.887. The second-order valence-corrected chi connectivity index (χ2v) is 5.48. The molecule has 2 rings (SSSR count). The molecule has 0 aromatic heterocycles. The van der Waals surface area contributed by atoms with Gasteiger partial charge in [0.05, 0.1) is 0 Å². The summed E-state index contributed by atoms with van der Waals surface area (Å²) >= 11 is 0. The van der Waals surface area contributed by atoms with Crippen LogP contribution in [0.3, 0.4) is 0 Å². The Morgan fingerprint density at radius 3 is 2.22 bits per heavy atom. The molecule has 1 aliphatic carbocycles. The molecule has 0 bridgehead atoms. The van der Waals surface area contributed by atoms with Gasteiger partial charge in [-0.25, -0.2) is 0 Å². The van der Waals surface area contributed by atoms with E-state index in [1.54, 1.807) is 13.8 Å². The third kappa shape index (κ3) is 2.15. The molecule has 0 unspecified atom stereocenters. The molecule has 0 spiro atoms. The van der Waals surface area contributed by atoms with Crippen molar-refractivity contribution in [2.24, 2.45) is 0 Å². The van der Waals surface area contributed by atoms with Crippen LogP contribution in [0.15, 0.2) is 24.3 Å². The summed E-state index contributed by atoms with van der Waals surface area (Å²) in [5.41, 5.74) is 1.92. The van der Waals surface area contributed by atoms with Crippen LogP contribution in [-0.4, -0.2) is 34.1 Å². The normalized spacial score (nSPS) is 16.0. The Morgan fingerprint density at radius 2 is 1.83 bits per heavy atom. The molecule has 0 aliphatic heterocycles. The molecule has 0 radical (unpaired) electrons. The van der Waals surface area contributed by atoms with E-state index in [-0.39, 0.29) is 0 Å². The van der Waals surface area contributed by atoms with E-state index in [9.17, 15) is 9.90 Å². The minimum atomic E-state index is -0.804. The standard InChI is InChI=1S/C15H21NO2/c1-4-16(15(2,3)14(17)18)13-9-11-7-5-6-8-12(11)10-13/h5-8,13H,4,9-10H2,1-3H3,(H,17,18). The van der Waals surface area contributed by atoms with E-state index in [0.717, 1.165) is 19.4 Å². The first-order chi connectivity index (χ1) is 8.46. The van der Waals surface area contributed by atoms with Gasteiger partial charge in [-0.15, -0.1) is 0 Å². The van der Waals surface area contributed by atoms with Crippen molar-refractivity contribution in [3.63, 3.8) is 0 Å². The van der Waals surface area contributed by atoms with Gasteiger partial charge in [-0.1, -0.05) is 31.2 Å². The molecule has 0 atom stereocenters. The number of carbonyl (C=O) groups is 1. The van der Waals surface area contributed by atoms with Crippen LogP contribution in [0.5, 0.6) is 0 Å². The highest BCUT2D eigenvalue weighted by Gasteiger charge is 2.39. The maximum atomic E-state index is 11.4. The smallest absolute Gasteiger partial charge is 0.323 e. The lowest BCUT2D eigenvalue weighted by molar-refractivity contribution is -0.150. The monoisotopic (exact) mass is 247 g/mol. The maximum absolute atomic E-state index is 11.4. The SMILES string of the molecule is CCN(C1Cc2ccccc2C1)C(C)(C)C(=O)O. The highest BCUT2D eigenvalue weighted by molar-refractivity contribution is 5.77. The molecule has 0 fully saturated rings. The minimum absolute atomic E-state index is 0.304. The van der Waals surface area contributed by atoms with Gasteiger partial charge < -0.3 is 5.11 Å². The molecule has 0 amide bonds. The van der Waals surface area contributed by atoms with Crippen LogP contribution >= 0.6 is 0 Å². The van der Waals surface area contributed by atoms with Gasteiger partial charge in [0.2, 0.25) is 0 Å². The number of nitrogens with zero attached hydrogens (tertiary/aromatic N) is 1. The summed E-state index contributed by atoms with van der Waals surface area (Å²) in [5.74, 6) is -0.750. The zero-order valence-corrected chi connectivity index (χ0v) is 11.3. The van der Waals surface area contributed by atoms with E-state index in [0.29, 0.717) is 6.04 Å². The Labute approximate surface area is 108 Å².